The second-order valence-corrected chi connectivity index (χ2v) is 3.38. The van der Waals surface area contributed by atoms with Gasteiger partial charge in [-0.15, -0.1) is 4.40 Å². The molecule has 0 saturated carbocycles. The van der Waals surface area contributed by atoms with Crippen LogP contribution in [-0.4, -0.2) is 32.0 Å². The molecule has 2 aliphatic heterocycles. The van der Waals surface area contributed by atoms with Gasteiger partial charge >= 0.3 is 10.0 Å². The largest absolute Gasteiger partial charge is 0.305 e. The van der Waals surface area contributed by atoms with Gasteiger partial charge in [-0.25, -0.2) is 15.0 Å². The van der Waals surface area contributed by atoms with E-state index in [4.69, 9.17) is 0 Å². The molecule has 0 spiro atoms. The van der Waals surface area contributed by atoms with Crippen LogP contribution in [-0.2, 0) is 10.0 Å². The topological polar surface area (TPSA) is 83.6 Å². The maximum atomic E-state index is 11.0. The van der Waals surface area contributed by atoms with E-state index >= 15 is 0 Å². The first-order valence-corrected chi connectivity index (χ1v) is 4.11. The van der Waals surface area contributed by atoms with Gasteiger partial charge in [0.25, 0.3) is 0 Å². The summed E-state index contributed by atoms with van der Waals surface area (Å²) >= 11 is 0. The summed E-state index contributed by atoms with van der Waals surface area (Å²) in [5.74, 6) is 0.111. The van der Waals surface area contributed by atoms with E-state index in [0.717, 1.165) is 12.7 Å². The molecule has 0 bridgehead atoms. The summed E-state index contributed by atoms with van der Waals surface area (Å²) in [6, 6.07) is 0. The minimum atomic E-state index is -3.60. The zero-order valence-electron chi connectivity index (χ0n) is 5.17. The van der Waals surface area contributed by atoms with Crippen molar-refractivity contribution in [2.24, 2.45) is 19.4 Å². The summed E-state index contributed by atoms with van der Waals surface area (Å²) in [7, 11) is -3.60. The van der Waals surface area contributed by atoms with Crippen LogP contribution in [0.15, 0.2) is 19.4 Å². The highest BCUT2D eigenvalue weighted by atomic mass is 32.2. The molecule has 0 aromatic heterocycles. The molecule has 0 aromatic carbocycles. The molecule has 7 heteroatoms. The van der Waals surface area contributed by atoms with Crippen LogP contribution in [0.3, 0.4) is 0 Å². The van der Waals surface area contributed by atoms with Crippen LogP contribution in [0.25, 0.3) is 0 Å². The molecular weight excluding hydrogens is 168 g/mol. The van der Waals surface area contributed by atoms with E-state index in [2.05, 4.69) is 19.4 Å². The second kappa shape index (κ2) is 1.82. The van der Waals surface area contributed by atoms with E-state index in [9.17, 15) is 8.42 Å². The van der Waals surface area contributed by atoms with E-state index in [1.807, 2.05) is 0 Å². The lowest BCUT2D eigenvalue weighted by molar-refractivity contribution is 0.609. The molecule has 56 valence electrons. The molecule has 0 N–H and O–H groups in total. The third-order valence-corrected chi connectivity index (χ3v) is 2.31. The van der Waals surface area contributed by atoms with E-state index in [1.165, 1.54) is 0 Å². The summed E-state index contributed by atoms with van der Waals surface area (Å²) in [4.78, 5) is 10.7. The normalized spacial score (nSPS) is 24.4. The van der Waals surface area contributed by atoms with Gasteiger partial charge < -0.3 is 0 Å². The van der Waals surface area contributed by atoms with E-state index < -0.39 is 10.0 Å². The first-order chi connectivity index (χ1) is 5.20. The lowest BCUT2D eigenvalue weighted by Gasteiger charge is -1.99. The second-order valence-electron chi connectivity index (χ2n) is 1.83. The lowest BCUT2D eigenvalue weighted by Crippen LogP contribution is -2.22. The smallest absolute Gasteiger partial charge is 0.219 e. The fourth-order valence-electron chi connectivity index (χ4n) is 0.710. The van der Waals surface area contributed by atoms with Crippen molar-refractivity contribution in [3.8, 4) is 0 Å². The van der Waals surface area contributed by atoms with Gasteiger partial charge in [-0.05, 0) is 0 Å². The zero-order chi connectivity index (χ0) is 7.90. The van der Waals surface area contributed by atoms with Gasteiger partial charge in [0.1, 0.15) is 12.7 Å². The molecule has 6 nitrogen and oxygen atoms in total. The van der Waals surface area contributed by atoms with Crippen LogP contribution in [0.2, 0.25) is 0 Å². The van der Waals surface area contributed by atoms with Gasteiger partial charge in [0.15, 0.2) is 5.84 Å². The molecule has 2 heterocycles. The molecular formula is C4H2N4O2S. The highest BCUT2D eigenvalue weighted by molar-refractivity contribution is 8.07. The van der Waals surface area contributed by atoms with Crippen molar-refractivity contribution in [2.75, 3.05) is 0 Å². The third kappa shape index (κ3) is 0.811. The van der Waals surface area contributed by atoms with Gasteiger partial charge in [0.2, 0.25) is 5.04 Å². The minimum absolute atomic E-state index is 0.111. The number of aliphatic imine (C=N–C) groups is 3. The standard InChI is InChI=1S/C4H2N4O2S/c9-11(10)4-3(5-1-7-4)6-2-8-11/h1-2H. The monoisotopic (exact) mass is 170 g/mol. The average Bonchev–Trinajstić information content (AvgIpc) is 2.34. The SMILES string of the molecule is O=S1(=O)N=CN=C2N=CN=C21. The number of sulfonamides is 1. The van der Waals surface area contributed by atoms with Crippen LogP contribution < -0.4 is 0 Å². The minimum Gasteiger partial charge on any atom is -0.219 e. The first kappa shape index (κ1) is 6.35. The van der Waals surface area contributed by atoms with Gasteiger partial charge in [-0.2, -0.15) is 8.42 Å². The Labute approximate surface area is 62.2 Å². The number of rotatable bonds is 0. The summed E-state index contributed by atoms with van der Waals surface area (Å²) in [6.07, 6.45) is 2.09. The molecule has 0 radical (unpaired) electrons. The Kier molecular flexibility index (Phi) is 1.05. The van der Waals surface area contributed by atoms with Gasteiger partial charge in [-0.1, -0.05) is 0 Å². The highest BCUT2D eigenvalue weighted by Crippen LogP contribution is 2.07. The van der Waals surface area contributed by atoms with Gasteiger partial charge in [0.05, 0.1) is 0 Å². The maximum absolute atomic E-state index is 11.0. The quantitative estimate of drug-likeness (QED) is 0.476. The van der Waals surface area contributed by atoms with Crippen molar-refractivity contribution in [1.29, 1.82) is 0 Å². The summed E-state index contributed by atoms with van der Waals surface area (Å²) in [5.41, 5.74) is 0. The van der Waals surface area contributed by atoms with Crippen LogP contribution >= 0.6 is 0 Å². The third-order valence-electron chi connectivity index (χ3n) is 1.16. The summed E-state index contributed by atoms with van der Waals surface area (Å²) in [6.45, 7) is 0. The molecule has 0 amide bonds. The van der Waals surface area contributed by atoms with Crippen LogP contribution in [0, 0.1) is 0 Å². The molecule has 0 unspecified atom stereocenters. The van der Waals surface area contributed by atoms with E-state index in [0.29, 0.717) is 0 Å². The fraction of sp³-hybridized carbons (Fsp3) is 0. The van der Waals surface area contributed by atoms with Gasteiger partial charge in [0, 0.05) is 0 Å². The van der Waals surface area contributed by atoms with Crippen molar-refractivity contribution in [3.63, 3.8) is 0 Å². The van der Waals surface area contributed by atoms with Crippen LogP contribution in [0.5, 0.6) is 0 Å². The molecule has 0 saturated heterocycles. The predicted octanol–water partition coefficient (Wildman–Crippen LogP) is -0.803. The van der Waals surface area contributed by atoms with Crippen molar-refractivity contribution in [1.82, 2.24) is 0 Å². The van der Waals surface area contributed by atoms with Crippen LogP contribution in [0.1, 0.15) is 0 Å². The maximum Gasteiger partial charge on any atom is 0.305 e. The first-order valence-electron chi connectivity index (χ1n) is 2.67. The molecule has 0 aliphatic carbocycles. The van der Waals surface area contributed by atoms with Crippen molar-refractivity contribution in [3.05, 3.63) is 0 Å². The number of nitrogens with zero attached hydrogens (tertiary/aromatic N) is 4. The number of amidine groups is 1. The fourth-order valence-corrected chi connectivity index (χ4v) is 1.50. The van der Waals surface area contributed by atoms with Crippen molar-refractivity contribution < 1.29 is 8.42 Å². The predicted molar refractivity (Wildman–Crippen MR) is 40.8 cm³/mol. The molecule has 0 fully saturated rings. The molecule has 11 heavy (non-hydrogen) atoms. The molecule has 2 rings (SSSR count). The number of hydrogen-bond donors (Lipinski definition) is 0. The Morgan fingerprint density at radius 3 is 2.73 bits per heavy atom. The molecule has 0 aromatic rings. The van der Waals surface area contributed by atoms with Gasteiger partial charge in [-0.3, -0.25) is 0 Å². The summed E-state index contributed by atoms with van der Waals surface area (Å²) in [5, 5.41) is -0.167. The molecule has 2 aliphatic rings. The van der Waals surface area contributed by atoms with E-state index in [-0.39, 0.29) is 10.9 Å². The zero-order valence-corrected chi connectivity index (χ0v) is 5.98. The number of fused-ring (bicyclic) bond motifs is 1. The average molecular weight is 170 g/mol. The van der Waals surface area contributed by atoms with Crippen LogP contribution in [0.4, 0.5) is 0 Å². The summed E-state index contributed by atoms with van der Waals surface area (Å²) < 4.78 is 25.1. The Balaban J connectivity index is 2.69. The Morgan fingerprint density at radius 2 is 2.00 bits per heavy atom. The number of hydrogen-bond acceptors (Lipinski definition) is 5. The van der Waals surface area contributed by atoms with Crippen molar-refractivity contribution >= 4 is 33.6 Å². The molecule has 0 atom stereocenters. The van der Waals surface area contributed by atoms with Crippen molar-refractivity contribution in [2.45, 2.75) is 0 Å². The highest BCUT2D eigenvalue weighted by Gasteiger charge is 2.28. The Morgan fingerprint density at radius 1 is 1.18 bits per heavy atom. The lowest BCUT2D eigenvalue weighted by atomic mass is 10.7. The van der Waals surface area contributed by atoms with E-state index in [1.54, 1.807) is 0 Å². The Hall–Kier alpha value is -1.37. The Bertz CT molecular complexity index is 413.